The molecule has 0 radical (unpaired) electrons. The SMILES string of the molecule is C1=CC(NC2C/C=C/C=C/C=C\C=C/C=C/CC2)=CCC1. The van der Waals surface area contributed by atoms with Crippen LogP contribution in [0.2, 0.25) is 0 Å². The topological polar surface area (TPSA) is 12.0 Å². The minimum absolute atomic E-state index is 0.496. The largest absolute Gasteiger partial charge is 0.382 e. The number of allylic oxidation sites excluding steroid dienone is 12. The van der Waals surface area contributed by atoms with Crippen molar-refractivity contribution in [2.75, 3.05) is 0 Å². The van der Waals surface area contributed by atoms with Gasteiger partial charge in [-0.3, -0.25) is 0 Å². The van der Waals surface area contributed by atoms with E-state index in [0.717, 1.165) is 25.7 Å². The zero-order valence-corrected chi connectivity index (χ0v) is 12.6. The van der Waals surface area contributed by atoms with Crippen molar-refractivity contribution in [3.05, 3.63) is 84.7 Å². The molecule has 2 rings (SSSR count). The Bertz CT molecular complexity index is 498. The average molecular weight is 279 g/mol. The summed E-state index contributed by atoms with van der Waals surface area (Å²) in [6, 6.07) is 0.496. The highest BCUT2D eigenvalue weighted by molar-refractivity contribution is 5.22. The highest BCUT2D eigenvalue weighted by Gasteiger charge is 2.07. The second kappa shape index (κ2) is 9.82. The van der Waals surface area contributed by atoms with Crippen molar-refractivity contribution in [2.45, 2.75) is 38.1 Å². The van der Waals surface area contributed by atoms with Gasteiger partial charge in [-0.1, -0.05) is 72.9 Å². The fourth-order valence-corrected chi connectivity index (χ4v) is 2.38. The number of rotatable bonds is 2. The summed E-state index contributed by atoms with van der Waals surface area (Å²) in [5, 5.41) is 3.67. The molecule has 2 aliphatic carbocycles. The first-order valence-electron chi connectivity index (χ1n) is 7.90. The monoisotopic (exact) mass is 279 g/mol. The second-order valence-electron chi connectivity index (χ2n) is 5.30. The molecule has 0 bridgehead atoms. The van der Waals surface area contributed by atoms with Crippen LogP contribution < -0.4 is 5.32 Å². The molecule has 2 aliphatic rings. The van der Waals surface area contributed by atoms with Crippen LogP contribution in [0.4, 0.5) is 0 Å². The van der Waals surface area contributed by atoms with Gasteiger partial charge >= 0.3 is 0 Å². The van der Waals surface area contributed by atoms with Crippen molar-refractivity contribution in [1.82, 2.24) is 5.32 Å². The van der Waals surface area contributed by atoms with Crippen LogP contribution in [0.3, 0.4) is 0 Å². The van der Waals surface area contributed by atoms with Crippen molar-refractivity contribution in [3.63, 3.8) is 0 Å². The van der Waals surface area contributed by atoms with Gasteiger partial charge < -0.3 is 5.32 Å². The maximum absolute atomic E-state index is 3.67. The molecule has 0 aromatic heterocycles. The van der Waals surface area contributed by atoms with E-state index in [9.17, 15) is 0 Å². The Balaban J connectivity index is 1.96. The van der Waals surface area contributed by atoms with Gasteiger partial charge in [0.1, 0.15) is 0 Å². The molecule has 1 unspecified atom stereocenters. The molecule has 21 heavy (non-hydrogen) atoms. The molecule has 0 aromatic rings. The standard InChI is InChI=1S/C20H25N/c1-2-4-6-8-11-15-19(16-12-9-7-5-3-1)21-20-17-13-10-14-18-20/h1-9,11,13,17-19,21H,10,12,14-16H2/b2-1-,5-3-,6-4+,9-7+,11-8+. The van der Waals surface area contributed by atoms with Gasteiger partial charge in [0.15, 0.2) is 0 Å². The van der Waals surface area contributed by atoms with Crippen molar-refractivity contribution in [2.24, 2.45) is 0 Å². The van der Waals surface area contributed by atoms with Crippen LogP contribution in [0.15, 0.2) is 84.7 Å². The molecular weight excluding hydrogens is 254 g/mol. The van der Waals surface area contributed by atoms with Gasteiger partial charge in [0.25, 0.3) is 0 Å². The van der Waals surface area contributed by atoms with E-state index in [1.165, 1.54) is 12.1 Å². The van der Waals surface area contributed by atoms with Gasteiger partial charge in [-0.05, 0) is 38.2 Å². The summed E-state index contributed by atoms with van der Waals surface area (Å²) in [4.78, 5) is 0. The summed E-state index contributed by atoms with van der Waals surface area (Å²) in [5.74, 6) is 0. The van der Waals surface area contributed by atoms with E-state index in [0.29, 0.717) is 6.04 Å². The lowest BCUT2D eigenvalue weighted by molar-refractivity contribution is 0.539. The normalized spacial score (nSPS) is 30.5. The smallest absolute Gasteiger partial charge is 0.0298 e. The van der Waals surface area contributed by atoms with Crippen LogP contribution in [0.1, 0.15) is 32.1 Å². The zero-order chi connectivity index (χ0) is 14.6. The van der Waals surface area contributed by atoms with Crippen molar-refractivity contribution >= 4 is 0 Å². The molecule has 0 fully saturated rings. The molecule has 1 nitrogen and oxygen atoms in total. The first kappa shape index (κ1) is 15.4. The Labute approximate surface area is 128 Å². The van der Waals surface area contributed by atoms with Gasteiger partial charge in [-0.15, -0.1) is 0 Å². The molecule has 0 amide bonds. The highest BCUT2D eigenvalue weighted by Crippen LogP contribution is 2.12. The lowest BCUT2D eigenvalue weighted by atomic mass is 10.0. The summed E-state index contributed by atoms with van der Waals surface area (Å²) >= 11 is 0. The Kier molecular flexibility index (Phi) is 7.19. The first-order valence-corrected chi connectivity index (χ1v) is 7.90. The molecule has 0 saturated heterocycles. The quantitative estimate of drug-likeness (QED) is 0.737. The lowest BCUT2D eigenvalue weighted by Crippen LogP contribution is -2.27. The van der Waals surface area contributed by atoms with E-state index in [2.05, 4.69) is 72.2 Å². The van der Waals surface area contributed by atoms with E-state index >= 15 is 0 Å². The number of hydrogen-bond acceptors (Lipinski definition) is 1. The van der Waals surface area contributed by atoms with E-state index in [-0.39, 0.29) is 0 Å². The predicted molar refractivity (Wildman–Crippen MR) is 92.9 cm³/mol. The minimum Gasteiger partial charge on any atom is -0.382 e. The van der Waals surface area contributed by atoms with Crippen molar-refractivity contribution in [3.8, 4) is 0 Å². The zero-order valence-electron chi connectivity index (χ0n) is 12.6. The minimum atomic E-state index is 0.496. The lowest BCUT2D eigenvalue weighted by Gasteiger charge is -2.20. The van der Waals surface area contributed by atoms with Crippen molar-refractivity contribution in [1.29, 1.82) is 0 Å². The predicted octanol–water partition coefficient (Wildman–Crippen LogP) is 5.14. The van der Waals surface area contributed by atoms with Crippen LogP contribution in [-0.4, -0.2) is 6.04 Å². The number of nitrogens with one attached hydrogen (secondary N) is 1. The molecule has 0 heterocycles. The fraction of sp³-hybridized carbons (Fsp3) is 0.300. The molecule has 110 valence electrons. The Morgan fingerprint density at radius 3 is 2.14 bits per heavy atom. The molecule has 0 saturated carbocycles. The summed E-state index contributed by atoms with van der Waals surface area (Å²) in [5.41, 5.74) is 1.28. The molecule has 1 N–H and O–H groups in total. The van der Waals surface area contributed by atoms with Crippen LogP contribution in [0, 0.1) is 0 Å². The summed E-state index contributed by atoms with van der Waals surface area (Å²) in [6.45, 7) is 0. The van der Waals surface area contributed by atoms with Crippen LogP contribution in [-0.2, 0) is 0 Å². The Morgan fingerprint density at radius 2 is 1.43 bits per heavy atom. The van der Waals surface area contributed by atoms with Gasteiger partial charge in [0.05, 0.1) is 0 Å². The van der Waals surface area contributed by atoms with E-state index in [1.54, 1.807) is 0 Å². The highest BCUT2D eigenvalue weighted by atomic mass is 14.9. The Hall–Kier alpha value is -2.02. The maximum atomic E-state index is 3.67. The molecule has 0 aliphatic heterocycles. The Morgan fingerprint density at radius 1 is 0.714 bits per heavy atom. The molecule has 1 atom stereocenters. The fourth-order valence-electron chi connectivity index (χ4n) is 2.38. The average Bonchev–Trinajstić information content (AvgIpc) is 2.52. The van der Waals surface area contributed by atoms with Gasteiger partial charge in [0.2, 0.25) is 0 Å². The third-order valence-electron chi connectivity index (χ3n) is 3.52. The van der Waals surface area contributed by atoms with Gasteiger partial charge in [0, 0.05) is 11.7 Å². The molecule has 1 heteroatoms. The third kappa shape index (κ3) is 6.80. The summed E-state index contributed by atoms with van der Waals surface area (Å²) in [6.07, 6.45) is 33.6. The van der Waals surface area contributed by atoms with Gasteiger partial charge in [-0.25, -0.2) is 0 Å². The first-order chi connectivity index (χ1) is 10.4. The summed E-state index contributed by atoms with van der Waals surface area (Å²) in [7, 11) is 0. The van der Waals surface area contributed by atoms with E-state index in [1.807, 2.05) is 12.2 Å². The van der Waals surface area contributed by atoms with E-state index in [4.69, 9.17) is 0 Å². The molecule has 0 spiro atoms. The summed E-state index contributed by atoms with van der Waals surface area (Å²) < 4.78 is 0. The van der Waals surface area contributed by atoms with Crippen molar-refractivity contribution < 1.29 is 0 Å². The second-order valence-corrected chi connectivity index (χ2v) is 5.30. The van der Waals surface area contributed by atoms with Gasteiger partial charge in [-0.2, -0.15) is 0 Å². The molecule has 0 aromatic carbocycles. The molecular formula is C20H25N. The number of hydrogen-bond donors (Lipinski definition) is 1. The van der Waals surface area contributed by atoms with Crippen LogP contribution in [0.5, 0.6) is 0 Å². The van der Waals surface area contributed by atoms with E-state index < -0.39 is 0 Å². The van der Waals surface area contributed by atoms with Crippen LogP contribution in [0.25, 0.3) is 0 Å². The maximum Gasteiger partial charge on any atom is 0.0298 e. The van der Waals surface area contributed by atoms with Crippen LogP contribution >= 0.6 is 0 Å². The third-order valence-corrected chi connectivity index (χ3v) is 3.52.